The van der Waals surface area contributed by atoms with E-state index in [0.29, 0.717) is 0 Å². The van der Waals surface area contributed by atoms with Gasteiger partial charge in [-0.15, -0.1) is 6.42 Å². The summed E-state index contributed by atoms with van der Waals surface area (Å²) in [5, 5.41) is 0. The van der Waals surface area contributed by atoms with Crippen LogP contribution in [0.4, 0.5) is 5.69 Å². The molecule has 2 heterocycles. The molecule has 0 unspecified atom stereocenters. The molecule has 1 atom stereocenters. The maximum absolute atomic E-state index is 5.83. The molecular formula is C11H13N3. The number of anilines is 1. The fourth-order valence-corrected chi connectivity index (χ4v) is 1.70. The smallest absolute Gasteiger partial charge is 0.0565 e. The van der Waals surface area contributed by atoms with Gasteiger partial charge in [0.15, 0.2) is 0 Å². The van der Waals surface area contributed by atoms with Crippen molar-refractivity contribution in [1.82, 2.24) is 4.98 Å². The van der Waals surface area contributed by atoms with E-state index < -0.39 is 0 Å². The summed E-state index contributed by atoms with van der Waals surface area (Å²) in [5.41, 5.74) is 7.73. The molecule has 2 N–H and O–H groups in total. The molecule has 0 bridgehead atoms. The SMILES string of the molecule is C#Cc1cncc(N2CC[C@H](N)C2)c1. The first-order chi connectivity index (χ1) is 6.79. The average molecular weight is 187 g/mol. The largest absolute Gasteiger partial charge is 0.369 e. The predicted octanol–water partition coefficient (Wildman–Crippen LogP) is 0.600. The fraction of sp³-hybridized carbons (Fsp3) is 0.364. The van der Waals surface area contributed by atoms with Gasteiger partial charge in [-0.2, -0.15) is 0 Å². The Morgan fingerprint density at radius 2 is 2.43 bits per heavy atom. The van der Waals surface area contributed by atoms with Gasteiger partial charge in [0, 0.05) is 30.9 Å². The van der Waals surface area contributed by atoms with E-state index in [0.717, 1.165) is 30.8 Å². The third kappa shape index (κ3) is 1.70. The van der Waals surface area contributed by atoms with Gasteiger partial charge in [0.05, 0.1) is 11.9 Å². The van der Waals surface area contributed by atoms with Crippen molar-refractivity contribution in [3.8, 4) is 12.3 Å². The summed E-state index contributed by atoms with van der Waals surface area (Å²) in [4.78, 5) is 6.32. The van der Waals surface area contributed by atoms with Crippen LogP contribution in [0.5, 0.6) is 0 Å². The van der Waals surface area contributed by atoms with E-state index >= 15 is 0 Å². The van der Waals surface area contributed by atoms with Gasteiger partial charge >= 0.3 is 0 Å². The molecular weight excluding hydrogens is 174 g/mol. The Balaban J connectivity index is 2.20. The number of terminal acetylenes is 1. The molecule has 3 nitrogen and oxygen atoms in total. The van der Waals surface area contributed by atoms with E-state index in [1.54, 1.807) is 6.20 Å². The summed E-state index contributed by atoms with van der Waals surface area (Å²) in [7, 11) is 0. The summed E-state index contributed by atoms with van der Waals surface area (Å²) in [6.45, 7) is 1.90. The fourth-order valence-electron chi connectivity index (χ4n) is 1.70. The van der Waals surface area contributed by atoms with Crippen molar-refractivity contribution >= 4 is 5.69 Å². The Bertz CT molecular complexity index is 367. The molecule has 1 saturated heterocycles. The van der Waals surface area contributed by atoms with E-state index in [2.05, 4.69) is 15.8 Å². The van der Waals surface area contributed by atoms with Gasteiger partial charge in [0.2, 0.25) is 0 Å². The summed E-state index contributed by atoms with van der Waals surface area (Å²) in [6.07, 6.45) is 9.88. The second-order valence-electron chi connectivity index (χ2n) is 3.57. The van der Waals surface area contributed by atoms with Crippen LogP contribution < -0.4 is 10.6 Å². The van der Waals surface area contributed by atoms with Gasteiger partial charge in [-0.05, 0) is 12.5 Å². The van der Waals surface area contributed by atoms with Crippen LogP contribution in [0, 0.1) is 12.3 Å². The highest BCUT2D eigenvalue weighted by atomic mass is 15.2. The molecule has 1 fully saturated rings. The number of nitrogens with two attached hydrogens (primary N) is 1. The zero-order valence-electron chi connectivity index (χ0n) is 7.98. The lowest BCUT2D eigenvalue weighted by Crippen LogP contribution is -2.26. The molecule has 0 saturated carbocycles. The van der Waals surface area contributed by atoms with Gasteiger partial charge in [0.1, 0.15) is 0 Å². The zero-order chi connectivity index (χ0) is 9.97. The minimum atomic E-state index is 0.282. The summed E-state index contributed by atoms with van der Waals surface area (Å²) >= 11 is 0. The molecule has 0 aliphatic carbocycles. The highest BCUT2D eigenvalue weighted by Crippen LogP contribution is 2.19. The second kappa shape index (κ2) is 3.69. The molecule has 1 aromatic rings. The van der Waals surface area contributed by atoms with Gasteiger partial charge in [-0.25, -0.2) is 0 Å². The molecule has 1 aromatic heterocycles. The molecule has 0 spiro atoms. The van der Waals surface area contributed by atoms with Crippen LogP contribution in [0.25, 0.3) is 0 Å². The monoisotopic (exact) mass is 187 g/mol. The molecule has 0 radical (unpaired) electrons. The standard InChI is InChI=1S/C11H13N3/c1-2-9-5-11(7-13-6-9)14-4-3-10(12)8-14/h1,5-7,10H,3-4,8,12H2/t10-/m0/s1. The summed E-state index contributed by atoms with van der Waals surface area (Å²) < 4.78 is 0. The highest BCUT2D eigenvalue weighted by molar-refractivity contribution is 5.50. The predicted molar refractivity (Wildman–Crippen MR) is 57.0 cm³/mol. The van der Waals surface area contributed by atoms with E-state index in [9.17, 15) is 0 Å². The van der Waals surface area contributed by atoms with Crippen LogP contribution in [-0.4, -0.2) is 24.1 Å². The summed E-state index contributed by atoms with van der Waals surface area (Å²) in [6, 6.07) is 2.26. The number of aromatic nitrogens is 1. The Hall–Kier alpha value is -1.53. The van der Waals surface area contributed by atoms with Crippen LogP contribution in [-0.2, 0) is 0 Å². The normalized spacial score (nSPS) is 20.9. The number of rotatable bonds is 1. The topological polar surface area (TPSA) is 42.2 Å². The first-order valence-corrected chi connectivity index (χ1v) is 4.72. The van der Waals surface area contributed by atoms with Crippen molar-refractivity contribution in [2.75, 3.05) is 18.0 Å². The third-order valence-corrected chi connectivity index (χ3v) is 2.48. The lowest BCUT2D eigenvalue weighted by atomic mass is 10.2. The number of hydrogen-bond donors (Lipinski definition) is 1. The van der Waals surface area contributed by atoms with E-state index in [1.165, 1.54) is 0 Å². The quantitative estimate of drug-likeness (QED) is 0.655. The van der Waals surface area contributed by atoms with Crippen LogP contribution >= 0.6 is 0 Å². The van der Waals surface area contributed by atoms with Gasteiger partial charge in [0.25, 0.3) is 0 Å². The molecule has 72 valence electrons. The number of hydrogen-bond acceptors (Lipinski definition) is 3. The van der Waals surface area contributed by atoms with Crippen molar-refractivity contribution in [1.29, 1.82) is 0 Å². The van der Waals surface area contributed by atoms with Crippen molar-refractivity contribution in [3.05, 3.63) is 24.0 Å². The highest BCUT2D eigenvalue weighted by Gasteiger charge is 2.19. The minimum absolute atomic E-state index is 0.282. The van der Waals surface area contributed by atoms with Gasteiger partial charge < -0.3 is 10.6 Å². The second-order valence-corrected chi connectivity index (χ2v) is 3.57. The van der Waals surface area contributed by atoms with Crippen molar-refractivity contribution in [2.24, 2.45) is 5.73 Å². The van der Waals surface area contributed by atoms with Crippen LogP contribution in [0.1, 0.15) is 12.0 Å². The molecule has 14 heavy (non-hydrogen) atoms. The van der Waals surface area contributed by atoms with Gasteiger partial charge in [-0.3, -0.25) is 4.98 Å². The Morgan fingerprint density at radius 3 is 3.07 bits per heavy atom. The third-order valence-electron chi connectivity index (χ3n) is 2.48. The zero-order valence-corrected chi connectivity index (χ0v) is 7.98. The van der Waals surface area contributed by atoms with E-state index in [-0.39, 0.29) is 6.04 Å². The van der Waals surface area contributed by atoms with E-state index in [4.69, 9.17) is 12.2 Å². The Morgan fingerprint density at radius 1 is 1.57 bits per heavy atom. The number of nitrogens with zero attached hydrogens (tertiary/aromatic N) is 2. The van der Waals surface area contributed by atoms with Crippen LogP contribution in [0.3, 0.4) is 0 Å². The Labute approximate surface area is 83.9 Å². The lowest BCUT2D eigenvalue weighted by Gasteiger charge is -2.17. The summed E-state index contributed by atoms with van der Waals surface area (Å²) in [5.74, 6) is 2.58. The number of pyridine rings is 1. The molecule has 3 heteroatoms. The van der Waals surface area contributed by atoms with E-state index in [1.807, 2.05) is 12.3 Å². The minimum Gasteiger partial charge on any atom is -0.369 e. The van der Waals surface area contributed by atoms with Crippen molar-refractivity contribution in [3.63, 3.8) is 0 Å². The molecule has 1 aliphatic heterocycles. The molecule has 0 aromatic carbocycles. The van der Waals surface area contributed by atoms with Crippen molar-refractivity contribution in [2.45, 2.75) is 12.5 Å². The first-order valence-electron chi connectivity index (χ1n) is 4.72. The average Bonchev–Trinajstić information content (AvgIpc) is 2.65. The van der Waals surface area contributed by atoms with Crippen molar-refractivity contribution < 1.29 is 0 Å². The molecule has 1 aliphatic rings. The maximum Gasteiger partial charge on any atom is 0.0565 e. The molecule has 0 amide bonds. The molecule has 2 rings (SSSR count). The maximum atomic E-state index is 5.83. The van der Waals surface area contributed by atoms with Crippen LogP contribution in [0.2, 0.25) is 0 Å². The van der Waals surface area contributed by atoms with Gasteiger partial charge in [-0.1, -0.05) is 5.92 Å². The first kappa shape index (κ1) is 9.04. The Kier molecular flexibility index (Phi) is 2.38. The van der Waals surface area contributed by atoms with Crippen LogP contribution in [0.15, 0.2) is 18.5 Å². The lowest BCUT2D eigenvalue weighted by molar-refractivity contribution is 0.752.